The van der Waals surface area contributed by atoms with Crippen molar-refractivity contribution in [2.45, 2.75) is 33.2 Å². The van der Waals surface area contributed by atoms with Gasteiger partial charge in [0.2, 0.25) is 23.8 Å². The monoisotopic (exact) mass is 295 g/mol. The van der Waals surface area contributed by atoms with E-state index < -0.39 is 11.9 Å². The number of primary amides is 1. The number of anilines is 3. The molecule has 1 heterocycles. The molecule has 8 heteroatoms. The molecule has 21 heavy (non-hydrogen) atoms. The highest BCUT2D eigenvalue weighted by molar-refractivity contribution is 5.82. The lowest BCUT2D eigenvalue weighted by molar-refractivity contribution is -0.119. The molecule has 0 aliphatic carbocycles. The molecule has 8 nitrogen and oxygen atoms in total. The number of amides is 1. The first-order valence-electron chi connectivity index (χ1n) is 7.08. The Morgan fingerprint density at radius 3 is 2.33 bits per heavy atom. The second-order valence-corrected chi connectivity index (χ2v) is 5.37. The minimum Gasteiger partial charge on any atom is -0.368 e. The quantitative estimate of drug-likeness (QED) is 0.647. The number of nitrogens with one attached hydrogen (secondary N) is 2. The van der Waals surface area contributed by atoms with Crippen molar-refractivity contribution in [1.82, 2.24) is 15.0 Å². The molecule has 1 amide bonds. The SMILES string of the molecule is CCCNc1nc(NC(C(N)=O)C(C)C)nc(N(C)C)n1. The predicted molar refractivity (Wildman–Crippen MR) is 84.4 cm³/mol. The molecule has 118 valence electrons. The van der Waals surface area contributed by atoms with Crippen molar-refractivity contribution in [2.75, 3.05) is 36.2 Å². The van der Waals surface area contributed by atoms with E-state index in [9.17, 15) is 4.79 Å². The Labute approximate surface area is 125 Å². The number of aromatic nitrogens is 3. The van der Waals surface area contributed by atoms with Crippen LogP contribution in [0, 0.1) is 5.92 Å². The van der Waals surface area contributed by atoms with Crippen LogP contribution in [0.25, 0.3) is 0 Å². The summed E-state index contributed by atoms with van der Waals surface area (Å²) in [5.41, 5.74) is 5.40. The van der Waals surface area contributed by atoms with E-state index in [0.717, 1.165) is 13.0 Å². The molecule has 1 atom stereocenters. The van der Waals surface area contributed by atoms with Gasteiger partial charge in [0.1, 0.15) is 6.04 Å². The lowest BCUT2D eigenvalue weighted by Gasteiger charge is -2.20. The van der Waals surface area contributed by atoms with Gasteiger partial charge in [-0.1, -0.05) is 20.8 Å². The third-order valence-corrected chi connectivity index (χ3v) is 2.81. The lowest BCUT2D eigenvalue weighted by Crippen LogP contribution is -2.40. The van der Waals surface area contributed by atoms with Gasteiger partial charge in [-0.25, -0.2) is 0 Å². The maximum atomic E-state index is 11.5. The molecule has 0 aromatic carbocycles. The Kier molecular flexibility index (Phi) is 6.13. The maximum Gasteiger partial charge on any atom is 0.240 e. The molecule has 4 N–H and O–H groups in total. The molecule has 0 spiro atoms. The summed E-state index contributed by atoms with van der Waals surface area (Å²) < 4.78 is 0. The average Bonchev–Trinajstić information content (AvgIpc) is 2.41. The molecule has 1 unspecified atom stereocenters. The Morgan fingerprint density at radius 1 is 1.24 bits per heavy atom. The molecule has 0 bridgehead atoms. The summed E-state index contributed by atoms with van der Waals surface area (Å²) in [6.07, 6.45) is 0.960. The first-order valence-corrected chi connectivity index (χ1v) is 7.08. The molecular formula is C13H25N7O. The summed E-state index contributed by atoms with van der Waals surface area (Å²) in [7, 11) is 3.69. The Hall–Kier alpha value is -2.12. The van der Waals surface area contributed by atoms with Gasteiger partial charge in [0.05, 0.1) is 0 Å². The summed E-state index contributed by atoms with van der Waals surface area (Å²) in [6.45, 7) is 6.64. The van der Waals surface area contributed by atoms with E-state index in [1.165, 1.54) is 0 Å². The molecule has 0 radical (unpaired) electrons. The molecule has 1 rings (SSSR count). The molecule has 0 saturated carbocycles. The van der Waals surface area contributed by atoms with E-state index in [1.54, 1.807) is 4.90 Å². The summed E-state index contributed by atoms with van der Waals surface area (Å²) in [4.78, 5) is 26.1. The van der Waals surface area contributed by atoms with Gasteiger partial charge in [0.25, 0.3) is 0 Å². The summed E-state index contributed by atoms with van der Waals surface area (Å²) in [6, 6.07) is -0.526. The number of nitrogens with zero attached hydrogens (tertiary/aromatic N) is 4. The first kappa shape index (κ1) is 16.9. The zero-order valence-corrected chi connectivity index (χ0v) is 13.3. The average molecular weight is 295 g/mol. The topological polar surface area (TPSA) is 109 Å². The third-order valence-electron chi connectivity index (χ3n) is 2.81. The fourth-order valence-corrected chi connectivity index (χ4v) is 1.65. The van der Waals surface area contributed by atoms with E-state index in [0.29, 0.717) is 17.8 Å². The zero-order chi connectivity index (χ0) is 16.0. The van der Waals surface area contributed by atoms with Crippen LogP contribution in [0.1, 0.15) is 27.2 Å². The van der Waals surface area contributed by atoms with E-state index in [2.05, 4.69) is 32.5 Å². The molecule has 0 saturated heterocycles. The Bertz CT molecular complexity index is 476. The Balaban J connectivity index is 3.03. The van der Waals surface area contributed by atoms with Crippen molar-refractivity contribution in [1.29, 1.82) is 0 Å². The summed E-state index contributed by atoms with van der Waals surface area (Å²) in [5, 5.41) is 6.10. The highest BCUT2D eigenvalue weighted by Gasteiger charge is 2.21. The molecular weight excluding hydrogens is 270 g/mol. The van der Waals surface area contributed by atoms with Crippen LogP contribution in [0.3, 0.4) is 0 Å². The number of hydrogen-bond acceptors (Lipinski definition) is 7. The third kappa shape index (κ3) is 5.05. The van der Waals surface area contributed by atoms with Crippen LogP contribution in [-0.2, 0) is 4.79 Å². The highest BCUT2D eigenvalue weighted by Crippen LogP contribution is 2.14. The lowest BCUT2D eigenvalue weighted by atomic mass is 10.0. The molecule has 0 aliphatic heterocycles. The van der Waals surface area contributed by atoms with E-state index in [4.69, 9.17) is 5.73 Å². The number of rotatable bonds is 8. The standard InChI is InChI=1S/C13H25N7O/c1-6-7-15-11-17-12(19-13(18-11)20(4)5)16-9(8(2)3)10(14)21/h8-9H,6-7H2,1-5H3,(H2,14,21)(H2,15,16,17,18,19). The van der Waals surface area contributed by atoms with Gasteiger partial charge in [0.15, 0.2) is 0 Å². The van der Waals surface area contributed by atoms with E-state index in [1.807, 2.05) is 27.9 Å². The second kappa shape index (κ2) is 7.61. The van der Waals surface area contributed by atoms with E-state index >= 15 is 0 Å². The second-order valence-electron chi connectivity index (χ2n) is 5.37. The van der Waals surface area contributed by atoms with Gasteiger partial charge in [-0.3, -0.25) is 4.79 Å². The molecule has 1 aromatic heterocycles. The summed E-state index contributed by atoms with van der Waals surface area (Å²) >= 11 is 0. The number of carbonyl (C=O) groups is 1. The minimum absolute atomic E-state index is 0.0362. The molecule has 0 fully saturated rings. The minimum atomic E-state index is -0.526. The fourth-order valence-electron chi connectivity index (χ4n) is 1.65. The molecule has 0 aliphatic rings. The number of hydrogen-bond donors (Lipinski definition) is 3. The number of nitrogens with two attached hydrogens (primary N) is 1. The maximum absolute atomic E-state index is 11.5. The van der Waals surface area contributed by atoms with Gasteiger partial charge in [-0.05, 0) is 12.3 Å². The number of carbonyl (C=O) groups excluding carboxylic acids is 1. The van der Waals surface area contributed by atoms with Crippen LogP contribution in [0.15, 0.2) is 0 Å². The predicted octanol–water partition coefficient (Wildman–Crippen LogP) is 0.681. The van der Waals surface area contributed by atoms with Crippen LogP contribution < -0.4 is 21.3 Å². The highest BCUT2D eigenvalue weighted by atomic mass is 16.1. The van der Waals surface area contributed by atoms with E-state index in [-0.39, 0.29) is 5.92 Å². The Morgan fingerprint density at radius 2 is 1.86 bits per heavy atom. The van der Waals surface area contributed by atoms with Crippen LogP contribution in [0.2, 0.25) is 0 Å². The van der Waals surface area contributed by atoms with Gasteiger partial charge in [0, 0.05) is 20.6 Å². The normalized spacial score (nSPS) is 12.1. The largest absolute Gasteiger partial charge is 0.368 e. The van der Waals surface area contributed by atoms with Crippen molar-refractivity contribution in [3.63, 3.8) is 0 Å². The van der Waals surface area contributed by atoms with Gasteiger partial charge >= 0.3 is 0 Å². The molecule has 1 aromatic rings. The van der Waals surface area contributed by atoms with Crippen LogP contribution >= 0.6 is 0 Å². The van der Waals surface area contributed by atoms with Gasteiger partial charge in [-0.15, -0.1) is 0 Å². The van der Waals surface area contributed by atoms with Crippen LogP contribution in [-0.4, -0.2) is 47.5 Å². The van der Waals surface area contributed by atoms with Crippen molar-refractivity contribution < 1.29 is 4.79 Å². The van der Waals surface area contributed by atoms with Crippen LogP contribution in [0.5, 0.6) is 0 Å². The van der Waals surface area contributed by atoms with Gasteiger partial charge < -0.3 is 21.3 Å². The zero-order valence-electron chi connectivity index (χ0n) is 13.3. The van der Waals surface area contributed by atoms with Crippen LogP contribution in [0.4, 0.5) is 17.8 Å². The van der Waals surface area contributed by atoms with Crippen molar-refractivity contribution in [3.8, 4) is 0 Å². The first-order chi connectivity index (χ1) is 9.85. The van der Waals surface area contributed by atoms with Crippen molar-refractivity contribution >= 4 is 23.8 Å². The van der Waals surface area contributed by atoms with Gasteiger partial charge in [-0.2, -0.15) is 15.0 Å². The fraction of sp³-hybridized carbons (Fsp3) is 0.692. The smallest absolute Gasteiger partial charge is 0.240 e. The summed E-state index contributed by atoms with van der Waals surface area (Å²) in [5.74, 6) is 0.932. The van der Waals surface area contributed by atoms with Crippen molar-refractivity contribution in [2.24, 2.45) is 11.7 Å². The van der Waals surface area contributed by atoms with Crippen molar-refractivity contribution in [3.05, 3.63) is 0 Å².